The first-order valence-electron chi connectivity index (χ1n) is 6.11. The van der Waals surface area contributed by atoms with Gasteiger partial charge in [0.15, 0.2) is 0 Å². The fourth-order valence-corrected chi connectivity index (χ4v) is 3.78. The third-order valence-corrected chi connectivity index (χ3v) is 5.20. The Kier molecular flexibility index (Phi) is 4.26. The van der Waals surface area contributed by atoms with E-state index in [-0.39, 0.29) is 5.91 Å². The number of halogens is 1. The predicted octanol–water partition coefficient (Wildman–Crippen LogP) is 4.16. The van der Waals surface area contributed by atoms with Crippen molar-refractivity contribution in [1.29, 1.82) is 0 Å². The average Bonchev–Trinajstić information content (AvgIpc) is 2.75. The van der Waals surface area contributed by atoms with Crippen LogP contribution in [0.4, 0.5) is 0 Å². The van der Waals surface area contributed by atoms with Crippen LogP contribution in [0.15, 0.2) is 15.2 Å². The molecule has 2 nitrogen and oxygen atoms in total. The smallest absolute Gasteiger partial charge is 0.254 e. The molecule has 0 bridgehead atoms. The summed E-state index contributed by atoms with van der Waals surface area (Å²) in [5, 5.41) is 1.93. The van der Waals surface area contributed by atoms with Crippen molar-refractivity contribution in [1.82, 2.24) is 4.90 Å². The molecule has 2 atom stereocenters. The van der Waals surface area contributed by atoms with Gasteiger partial charge in [-0.3, -0.25) is 4.79 Å². The maximum Gasteiger partial charge on any atom is 0.254 e. The molecule has 94 valence electrons. The van der Waals surface area contributed by atoms with Crippen molar-refractivity contribution in [2.45, 2.75) is 38.6 Å². The summed E-state index contributed by atoms with van der Waals surface area (Å²) in [6.45, 7) is 2.26. The number of thiophene rings is 1. The molecule has 0 aliphatic heterocycles. The second-order valence-electron chi connectivity index (χ2n) is 4.88. The lowest BCUT2D eigenvalue weighted by Crippen LogP contribution is -2.42. The summed E-state index contributed by atoms with van der Waals surface area (Å²) in [5.41, 5.74) is 0.808. The Bertz CT molecular complexity index is 404. The van der Waals surface area contributed by atoms with Crippen LogP contribution in [0.2, 0.25) is 0 Å². The van der Waals surface area contributed by atoms with Crippen LogP contribution in [0.5, 0.6) is 0 Å². The van der Waals surface area contributed by atoms with Crippen molar-refractivity contribution in [2.75, 3.05) is 7.05 Å². The van der Waals surface area contributed by atoms with Crippen molar-refractivity contribution in [3.63, 3.8) is 0 Å². The molecule has 1 aliphatic carbocycles. The van der Waals surface area contributed by atoms with Crippen LogP contribution in [0.1, 0.15) is 43.0 Å². The molecule has 1 aromatic rings. The number of nitrogens with zero attached hydrogens (tertiary/aromatic N) is 1. The number of carbonyl (C=O) groups is 1. The number of hydrogen-bond donors (Lipinski definition) is 0. The highest BCUT2D eigenvalue weighted by Gasteiger charge is 2.28. The summed E-state index contributed by atoms with van der Waals surface area (Å²) in [7, 11) is 1.94. The van der Waals surface area contributed by atoms with Gasteiger partial charge in [-0.15, -0.1) is 11.3 Å². The molecule has 1 saturated carbocycles. The van der Waals surface area contributed by atoms with Crippen molar-refractivity contribution in [3.05, 3.63) is 20.8 Å². The number of amides is 1. The van der Waals surface area contributed by atoms with Gasteiger partial charge in [0.1, 0.15) is 0 Å². The van der Waals surface area contributed by atoms with Crippen LogP contribution in [-0.2, 0) is 0 Å². The van der Waals surface area contributed by atoms with E-state index in [1.54, 1.807) is 11.3 Å². The zero-order chi connectivity index (χ0) is 12.4. The van der Waals surface area contributed by atoms with E-state index in [1.807, 2.05) is 23.4 Å². The summed E-state index contributed by atoms with van der Waals surface area (Å²) in [6, 6.07) is 2.33. The Balaban J connectivity index is 2.08. The Morgan fingerprint density at radius 1 is 1.47 bits per heavy atom. The van der Waals surface area contributed by atoms with Gasteiger partial charge in [-0.1, -0.05) is 19.8 Å². The van der Waals surface area contributed by atoms with Crippen LogP contribution in [0.25, 0.3) is 0 Å². The molecule has 1 aliphatic rings. The van der Waals surface area contributed by atoms with Crippen LogP contribution >= 0.6 is 27.3 Å². The van der Waals surface area contributed by atoms with E-state index in [0.29, 0.717) is 12.0 Å². The van der Waals surface area contributed by atoms with Crippen molar-refractivity contribution in [2.24, 2.45) is 5.92 Å². The summed E-state index contributed by atoms with van der Waals surface area (Å²) in [4.78, 5) is 14.3. The Labute approximate surface area is 115 Å². The van der Waals surface area contributed by atoms with Crippen molar-refractivity contribution in [3.8, 4) is 0 Å². The molecule has 0 spiro atoms. The second kappa shape index (κ2) is 5.53. The Morgan fingerprint density at radius 3 is 2.76 bits per heavy atom. The predicted molar refractivity (Wildman–Crippen MR) is 75.5 cm³/mol. The Morgan fingerprint density at radius 2 is 2.18 bits per heavy atom. The normalized spacial score (nSPS) is 24.6. The first kappa shape index (κ1) is 13.1. The number of hydrogen-bond acceptors (Lipinski definition) is 2. The van der Waals surface area contributed by atoms with Gasteiger partial charge in [0.2, 0.25) is 0 Å². The van der Waals surface area contributed by atoms with E-state index >= 15 is 0 Å². The molecular weight excluding hydrogens is 298 g/mol. The highest BCUT2D eigenvalue weighted by Crippen LogP contribution is 2.29. The molecule has 0 aromatic carbocycles. The van der Waals surface area contributed by atoms with Gasteiger partial charge in [0.25, 0.3) is 5.91 Å². The van der Waals surface area contributed by atoms with E-state index in [2.05, 4.69) is 22.9 Å². The average molecular weight is 316 g/mol. The van der Waals surface area contributed by atoms with E-state index < -0.39 is 0 Å². The zero-order valence-electron chi connectivity index (χ0n) is 10.3. The molecule has 1 amide bonds. The van der Waals surface area contributed by atoms with Gasteiger partial charge >= 0.3 is 0 Å². The van der Waals surface area contributed by atoms with Crippen molar-refractivity contribution < 1.29 is 4.79 Å². The first-order chi connectivity index (χ1) is 8.09. The van der Waals surface area contributed by atoms with Gasteiger partial charge in [0.05, 0.1) is 9.35 Å². The van der Waals surface area contributed by atoms with E-state index in [4.69, 9.17) is 0 Å². The van der Waals surface area contributed by atoms with Gasteiger partial charge in [-0.25, -0.2) is 0 Å². The van der Waals surface area contributed by atoms with Gasteiger partial charge < -0.3 is 4.90 Å². The molecule has 17 heavy (non-hydrogen) atoms. The fourth-order valence-electron chi connectivity index (χ4n) is 2.65. The fraction of sp³-hybridized carbons (Fsp3) is 0.615. The van der Waals surface area contributed by atoms with E-state index in [9.17, 15) is 4.79 Å². The Hall–Kier alpha value is -0.350. The summed E-state index contributed by atoms with van der Waals surface area (Å²) >= 11 is 4.97. The number of rotatable bonds is 2. The molecule has 1 heterocycles. The van der Waals surface area contributed by atoms with Gasteiger partial charge in [-0.2, -0.15) is 0 Å². The minimum Gasteiger partial charge on any atom is -0.338 e. The lowest BCUT2D eigenvalue weighted by atomic mass is 9.85. The number of carbonyl (C=O) groups excluding carboxylic acids is 1. The highest BCUT2D eigenvalue weighted by atomic mass is 79.9. The topological polar surface area (TPSA) is 20.3 Å². The van der Waals surface area contributed by atoms with Crippen LogP contribution in [0, 0.1) is 5.92 Å². The summed E-state index contributed by atoms with van der Waals surface area (Å²) in [5.74, 6) is 0.783. The maximum absolute atomic E-state index is 12.3. The van der Waals surface area contributed by atoms with Crippen LogP contribution < -0.4 is 0 Å². The van der Waals surface area contributed by atoms with Gasteiger partial charge in [0, 0.05) is 18.5 Å². The minimum absolute atomic E-state index is 0.158. The molecule has 1 aromatic heterocycles. The van der Waals surface area contributed by atoms with Gasteiger partial charge in [-0.05, 0) is 40.8 Å². The first-order valence-corrected chi connectivity index (χ1v) is 7.78. The highest BCUT2D eigenvalue weighted by molar-refractivity contribution is 9.11. The van der Waals surface area contributed by atoms with E-state index in [1.165, 1.54) is 19.3 Å². The lowest BCUT2D eigenvalue weighted by Gasteiger charge is -2.36. The maximum atomic E-state index is 12.3. The zero-order valence-corrected chi connectivity index (χ0v) is 12.7. The molecule has 2 rings (SSSR count). The molecule has 0 radical (unpaired) electrons. The SMILES string of the molecule is CC1CCCCC1N(C)C(=O)c1csc(Br)c1. The summed E-state index contributed by atoms with van der Waals surface area (Å²) in [6.07, 6.45) is 4.95. The van der Waals surface area contributed by atoms with Crippen molar-refractivity contribution >= 4 is 33.2 Å². The molecule has 0 saturated heterocycles. The van der Waals surface area contributed by atoms with E-state index in [0.717, 1.165) is 15.8 Å². The van der Waals surface area contributed by atoms with Crippen LogP contribution in [0.3, 0.4) is 0 Å². The molecule has 1 fully saturated rings. The minimum atomic E-state index is 0.158. The molecule has 2 unspecified atom stereocenters. The second-order valence-corrected chi connectivity index (χ2v) is 7.18. The standard InChI is InChI=1S/C13H18BrNOS/c1-9-5-3-4-6-11(9)15(2)13(16)10-7-12(14)17-8-10/h7-9,11H,3-6H2,1-2H3. The largest absolute Gasteiger partial charge is 0.338 e. The molecule has 0 N–H and O–H groups in total. The molecule has 4 heteroatoms. The lowest BCUT2D eigenvalue weighted by molar-refractivity contribution is 0.0629. The van der Waals surface area contributed by atoms with Crippen LogP contribution in [-0.4, -0.2) is 23.9 Å². The molecular formula is C13H18BrNOS. The monoisotopic (exact) mass is 315 g/mol. The summed E-state index contributed by atoms with van der Waals surface area (Å²) < 4.78 is 1.02. The third-order valence-electron chi connectivity index (χ3n) is 3.70. The third kappa shape index (κ3) is 2.91. The quantitative estimate of drug-likeness (QED) is 0.802.